The number of esters is 9. The van der Waals surface area contributed by atoms with Gasteiger partial charge in [0.2, 0.25) is 5.91 Å². The van der Waals surface area contributed by atoms with E-state index in [1.54, 1.807) is 103 Å². The molecule has 0 unspecified atom stereocenters. The third-order valence-electron chi connectivity index (χ3n) is 15.7. The molecular weight excluding hydrogens is 1290 g/mol. The number of fused-ring (bicyclic) bond motifs is 1. The fraction of sp³-hybridized carbons (Fsp3) is 0.429. The van der Waals surface area contributed by atoms with Crippen molar-refractivity contribution in [3.05, 3.63) is 179 Å². The van der Waals surface area contributed by atoms with Crippen LogP contribution in [0.5, 0.6) is 0 Å². The van der Waals surface area contributed by atoms with Crippen LogP contribution in [0.3, 0.4) is 0 Å². The van der Waals surface area contributed by atoms with Gasteiger partial charge in [-0.15, -0.1) is 0 Å². The molecule has 5 aromatic rings. The van der Waals surface area contributed by atoms with Gasteiger partial charge in [-0.25, -0.2) is 24.0 Å². The zero-order valence-corrected chi connectivity index (χ0v) is 54.7. The summed E-state index contributed by atoms with van der Waals surface area (Å²) in [7, 11) is 0.958. The van der Waals surface area contributed by atoms with E-state index < -0.39 is 189 Å². The van der Waals surface area contributed by atoms with Crippen LogP contribution in [0.25, 0.3) is 0 Å². The molecule has 4 saturated heterocycles. The largest absolute Gasteiger partial charge is 0.465 e. The molecule has 0 aromatic heterocycles. The Bertz CT molecular complexity index is 3580. The number of carbonyl (C=O) groups is 10. The van der Waals surface area contributed by atoms with E-state index in [1.807, 2.05) is 0 Å². The van der Waals surface area contributed by atoms with Crippen LogP contribution in [-0.4, -0.2) is 190 Å². The lowest BCUT2D eigenvalue weighted by atomic mass is 9.87. The predicted molar refractivity (Wildman–Crippen MR) is 332 cm³/mol. The molecule has 5 aromatic carbocycles. The fourth-order valence-electron chi connectivity index (χ4n) is 11.6. The minimum absolute atomic E-state index is 0.0126. The number of hydrogen-bond donors (Lipinski definition) is 1. The molecule has 9 rings (SSSR count). The van der Waals surface area contributed by atoms with Crippen LogP contribution < -0.4 is 5.32 Å². The van der Waals surface area contributed by atoms with Crippen LogP contribution in [0.4, 0.5) is 0 Å². The number of carbonyl (C=O) groups excluding carboxylic acids is 10. The minimum atomic E-state index is -2.83. The monoisotopic (exact) mass is 1360 g/mol. The van der Waals surface area contributed by atoms with Crippen molar-refractivity contribution in [2.45, 2.75) is 165 Å². The van der Waals surface area contributed by atoms with Crippen molar-refractivity contribution >= 4 is 59.6 Å². The van der Waals surface area contributed by atoms with Crippen molar-refractivity contribution in [3.8, 4) is 0 Å². The second-order valence-electron chi connectivity index (χ2n) is 23.5. The number of ether oxygens (including phenoxy) is 17. The van der Waals surface area contributed by atoms with Crippen molar-refractivity contribution in [2.75, 3.05) is 26.9 Å². The van der Waals surface area contributed by atoms with Crippen LogP contribution >= 0.6 is 0 Å². The Morgan fingerprint density at radius 2 is 1.01 bits per heavy atom. The van der Waals surface area contributed by atoms with Crippen molar-refractivity contribution in [3.63, 3.8) is 0 Å². The van der Waals surface area contributed by atoms with Crippen LogP contribution in [0.15, 0.2) is 152 Å². The topological polar surface area (TPSA) is 340 Å². The van der Waals surface area contributed by atoms with E-state index in [9.17, 15) is 47.9 Å². The maximum atomic E-state index is 14.8. The number of nitrogens with one attached hydrogen (secondary N) is 1. The summed E-state index contributed by atoms with van der Waals surface area (Å²) in [5.74, 6) is -14.1. The Morgan fingerprint density at radius 1 is 0.510 bits per heavy atom. The number of hydrogen-bond acceptors (Lipinski definition) is 27. The summed E-state index contributed by atoms with van der Waals surface area (Å²) in [6, 6.07) is 38.5. The molecule has 1 N–H and O–H groups in total. The summed E-state index contributed by atoms with van der Waals surface area (Å²) in [6.07, 6.45) is -25.1. The van der Waals surface area contributed by atoms with E-state index in [-0.39, 0.29) is 28.9 Å². The normalized spacial score (nSPS) is 26.8. The van der Waals surface area contributed by atoms with E-state index in [0.29, 0.717) is 5.56 Å². The smallest absolute Gasteiger partial charge is 0.366 e. The highest BCUT2D eigenvalue weighted by molar-refractivity contribution is 5.91. The Labute approximate surface area is 562 Å². The summed E-state index contributed by atoms with van der Waals surface area (Å²) in [4.78, 5) is 137. The first-order chi connectivity index (χ1) is 46.9. The molecule has 16 atom stereocenters. The van der Waals surface area contributed by atoms with Gasteiger partial charge in [-0.05, 0) is 67.9 Å². The highest BCUT2D eigenvalue weighted by Gasteiger charge is 2.63. The van der Waals surface area contributed by atoms with Crippen molar-refractivity contribution in [1.82, 2.24) is 5.32 Å². The third-order valence-corrected chi connectivity index (χ3v) is 15.7. The minimum Gasteiger partial charge on any atom is -0.465 e. The summed E-state index contributed by atoms with van der Waals surface area (Å²) >= 11 is 0. The maximum absolute atomic E-state index is 14.8. The molecule has 522 valence electrons. The summed E-state index contributed by atoms with van der Waals surface area (Å²) in [5.41, 5.74) is 0.849. The predicted octanol–water partition coefficient (Wildman–Crippen LogP) is 5.63. The van der Waals surface area contributed by atoms with Gasteiger partial charge in [-0.1, -0.05) is 103 Å². The van der Waals surface area contributed by atoms with Gasteiger partial charge in [0.1, 0.15) is 55.9 Å². The number of amides is 1. The highest BCUT2D eigenvalue weighted by Crippen LogP contribution is 2.44. The molecule has 0 saturated carbocycles. The summed E-state index contributed by atoms with van der Waals surface area (Å²) < 4.78 is 107. The molecule has 4 aliphatic heterocycles. The second kappa shape index (κ2) is 33.2. The number of rotatable bonds is 26. The molecule has 0 bridgehead atoms. The lowest BCUT2D eigenvalue weighted by molar-refractivity contribution is -0.360. The highest BCUT2D eigenvalue weighted by atomic mass is 16.8. The third kappa shape index (κ3) is 18.8. The summed E-state index contributed by atoms with van der Waals surface area (Å²) in [6.45, 7) is 5.62. The van der Waals surface area contributed by atoms with Crippen LogP contribution in [0, 0.1) is 0 Å². The molecule has 0 radical (unpaired) electrons. The quantitative estimate of drug-likeness (QED) is 0.0517. The van der Waals surface area contributed by atoms with Gasteiger partial charge in [0, 0.05) is 34.6 Å². The molecule has 4 fully saturated rings. The average Bonchev–Trinajstić information content (AvgIpc) is 1.14. The first kappa shape index (κ1) is 72.7. The number of benzene rings is 5. The average molecular weight is 1360 g/mol. The molecule has 4 heterocycles. The lowest BCUT2D eigenvalue weighted by Crippen LogP contribution is -2.70. The molecule has 4 aliphatic rings. The van der Waals surface area contributed by atoms with Crippen molar-refractivity contribution < 1.29 is 128 Å². The Balaban J connectivity index is 1.19. The van der Waals surface area contributed by atoms with Crippen molar-refractivity contribution in [1.29, 1.82) is 0 Å². The van der Waals surface area contributed by atoms with E-state index in [1.165, 1.54) is 62.4 Å². The van der Waals surface area contributed by atoms with Crippen molar-refractivity contribution in [2.24, 2.45) is 0 Å². The molecule has 98 heavy (non-hydrogen) atoms. The van der Waals surface area contributed by atoms with Crippen LogP contribution in [0.1, 0.15) is 102 Å². The van der Waals surface area contributed by atoms with Crippen LogP contribution in [-0.2, 0) is 116 Å². The van der Waals surface area contributed by atoms with Gasteiger partial charge in [0.05, 0.1) is 55.0 Å². The molecule has 0 spiro atoms. The standard InChI is InChI=1S/C70H75NO27/c1-39(72)71-53-49(87-41(3)74)34-70(68(81)82-8,98-57(53)54(89-43(5)76)50(88-42(4)75)36-83-40(2)73)86-38-52-56-59(97-69(6,7)96-56)61(94-65(80)48-32-22-13-23-33-48)67(91-52)95-55-51(37-84-62(77)45-26-16-10-17-27-45)90-66(85-35-44-24-14-9-15-25-44)60(93-64(79)47-30-20-12-21-31-47)58(55)92-63(78)46-28-18-11-19-29-46/h9-33,49-61,66-67H,34-38H2,1-8H3,(H,71,72)/t49-,50+,51+,52+,53+,54+,55+,56-,57+,58-,59-,60+,61+,66+,67-,70-/m0/s1. The molecule has 28 nitrogen and oxygen atoms in total. The van der Waals surface area contributed by atoms with Gasteiger partial charge in [0.25, 0.3) is 5.79 Å². The van der Waals surface area contributed by atoms with Gasteiger partial charge >= 0.3 is 53.7 Å². The first-order valence-corrected chi connectivity index (χ1v) is 31.2. The zero-order valence-electron chi connectivity index (χ0n) is 54.7. The fourth-order valence-corrected chi connectivity index (χ4v) is 11.6. The maximum Gasteiger partial charge on any atom is 0.366 e. The second-order valence-corrected chi connectivity index (χ2v) is 23.5. The SMILES string of the molecule is COC(=O)[C@]1(OC[C@H]2O[C@@H](O[C@H]3[C@H](OC(=O)c4ccccc4)[C@@H](OC(=O)c4ccccc4)[C@H](OCc4ccccc4)O[C@@H]3COC(=O)c3ccccc3)[C@H](OC(=O)c3ccccc3)[C@H]3OC(C)(C)O[C@H]32)C[C@H](OC(C)=O)[C@@H](NC(C)=O)[C@H]([C@H](OC(C)=O)[C@@H](COC(C)=O)OC(C)=O)O1. The Morgan fingerprint density at radius 3 is 1.52 bits per heavy atom. The van der Waals surface area contributed by atoms with E-state index in [0.717, 1.165) is 41.7 Å². The van der Waals surface area contributed by atoms with E-state index in [2.05, 4.69) is 5.32 Å². The van der Waals surface area contributed by atoms with Gasteiger partial charge in [0.15, 0.2) is 48.9 Å². The van der Waals surface area contributed by atoms with E-state index in [4.69, 9.17) is 80.5 Å². The van der Waals surface area contributed by atoms with Gasteiger partial charge < -0.3 is 85.8 Å². The van der Waals surface area contributed by atoms with Gasteiger partial charge in [-0.3, -0.25) is 24.0 Å². The molecule has 1 amide bonds. The number of methoxy groups -OCH3 is 1. The van der Waals surface area contributed by atoms with Crippen LogP contribution in [0.2, 0.25) is 0 Å². The first-order valence-electron chi connectivity index (χ1n) is 31.2. The Hall–Kier alpha value is -9.52. The zero-order chi connectivity index (χ0) is 70.3. The molecular formula is C70H75NO27. The lowest BCUT2D eigenvalue weighted by Gasteiger charge is -2.49. The molecule has 28 heteroatoms. The van der Waals surface area contributed by atoms with Gasteiger partial charge in [-0.2, -0.15) is 0 Å². The van der Waals surface area contributed by atoms with E-state index >= 15 is 0 Å². The summed E-state index contributed by atoms with van der Waals surface area (Å²) in [5, 5.41) is 2.61. The molecule has 0 aliphatic carbocycles. The Kier molecular flexibility index (Phi) is 24.6.